The van der Waals surface area contributed by atoms with E-state index in [1.165, 1.54) is 23.5 Å². The van der Waals surface area contributed by atoms with Crippen molar-refractivity contribution in [2.45, 2.75) is 19.8 Å². The van der Waals surface area contributed by atoms with Crippen LogP contribution in [0.2, 0.25) is 0 Å². The van der Waals surface area contributed by atoms with Gasteiger partial charge >= 0.3 is 0 Å². The van der Waals surface area contributed by atoms with Crippen LogP contribution in [0.15, 0.2) is 29.6 Å². The van der Waals surface area contributed by atoms with Crippen molar-refractivity contribution in [3.8, 4) is 10.6 Å². The highest BCUT2D eigenvalue weighted by molar-refractivity contribution is 7.13. The van der Waals surface area contributed by atoms with Crippen molar-refractivity contribution in [2.75, 3.05) is 6.54 Å². The predicted molar refractivity (Wildman–Crippen MR) is 74.1 cm³/mol. The molecule has 2 nitrogen and oxygen atoms in total. The van der Waals surface area contributed by atoms with Crippen LogP contribution >= 0.6 is 11.3 Å². The minimum atomic E-state index is -0.233. The van der Waals surface area contributed by atoms with Gasteiger partial charge in [-0.2, -0.15) is 0 Å². The lowest BCUT2D eigenvalue weighted by Crippen LogP contribution is -2.18. The molecule has 2 rings (SSSR count). The first-order chi connectivity index (χ1) is 8.61. The van der Waals surface area contributed by atoms with Crippen molar-refractivity contribution >= 4 is 11.3 Å². The number of thiazole rings is 1. The van der Waals surface area contributed by atoms with Crippen LogP contribution in [0.5, 0.6) is 0 Å². The topological polar surface area (TPSA) is 38.9 Å². The number of hydrogen-bond acceptors (Lipinski definition) is 3. The summed E-state index contributed by atoms with van der Waals surface area (Å²) in [6.07, 6.45) is 0. The molecule has 0 amide bonds. The third kappa shape index (κ3) is 2.76. The SMILES string of the molecule is CC(C)C(CN)c1csc(-c2cccc(F)c2)n1. The Kier molecular flexibility index (Phi) is 4.09. The molecule has 1 aromatic heterocycles. The maximum Gasteiger partial charge on any atom is 0.123 e. The average Bonchev–Trinajstić information content (AvgIpc) is 2.79. The van der Waals surface area contributed by atoms with E-state index in [0.717, 1.165) is 16.3 Å². The van der Waals surface area contributed by atoms with E-state index in [1.807, 2.05) is 11.4 Å². The Bertz CT molecular complexity index is 522. The van der Waals surface area contributed by atoms with Crippen molar-refractivity contribution in [3.05, 3.63) is 41.2 Å². The summed E-state index contributed by atoms with van der Waals surface area (Å²) in [6.45, 7) is 4.86. The van der Waals surface area contributed by atoms with Crippen molar-refractivity contribution in [1.29, 1.82) is 0 Å². The lowest BCUT2D eigenvalue weighted by molar-refractivity contribution is 0.498. The van der Waals surface area contributed by atoms with E-state index in [2.05, 4.69) is 18.8 Å². The molecular weight excluding hydrogens is 247 g/mol. The summed E-state index contributed by atoms with van der Waals surface area (Å²) in [5.41, 5.74) is 7.62. The van der Waals surface area contributed by atoms with Crippen LogP contribution in [0.4, 0.5) is 4.39 Å². The van der Waals surface area contributed by atoms with E-state index in [4.69, 9.17) is 5.73 Å². The summed E-state index contributed by atoms with van der Waals surface area (Å²) in [7, 11) is 0. The molecule has 0 radical (unpaired) electrons. The molecule has 1 atom stereocenters. The van der Waals surface area contributed by atoms with Gasteiger partial charge in [0.1, 0.15) is 10.8 Å². The Balaban J connectivity index is 2.30. The van der Waals surface area contributed by atoms with Crippen LogP contribution in [0.25, 0.3) is 10.6 Å². The second-order valence-electron chi connectivity index (χ2n) is 4.67. The van der Waals surface area contributed by atoms with Crippen molar-refractivity contribution in [2.24, 2.45) is 11.7 Å². The van der Waals surface area contributed by atoms with E-state index in [0.29, 0.717) is 12.5 Å². The number of benzene rings is 1. The van der Waals surface area contributed by atoms with E-state index in [9.17, 15) is 4.39 Å². The molecule has 0 fully saturated rings. The largest absolute Gasteiger partial charge is 0.330 e. The predicted octanol–water partition coefficient (Wildman–Crippen LogP) is 3.65. The van der Waals surface area contributed by atoms with Crippen LogP contribution < -0.4 is 5.73 Å². The fraction of sp³-hybridized carbons (Fsp3) is 0.357. The molecule has 0 aliphatic rings. The molecule has 0 aliphatic heterocycles. The third-order valence-corrected chi connectivity index (χ3v) is 3.94. The molecule has 0 aliphatic carbocycles. The Labute approximate surface area is 111 Å². The zero-order chi connectivity index (χ0) is 13.1. The first-order valence-corrected chi connectivity index (χ1v) is 6.91. The Morgan fingerprint density at radius 2 is 2.17 bits per heavy atom. The van der Waals surface area contributed by atoms with E-state index in [1.54, 1.807) is 6.07 Å². The maximum absolute atomic E-state index is 13.2. The van der Waals surface area contributed by atoms with Crippen LogP contribution in [-0.4, -0.2) is 11.5 Å². The summed E-state index contributed by atoms with van der Waals surface area (Å²) < 4.78 is 13.2. The first-order valence-electron chi connectivity index (χ1n) is 6.03. The van der Waals surface area contributed by atoms with Gasteiger partial charge in [0.25, 0.3) is 0 Å². The van der Waals surface area contributed by atoms with Crippen LogP contribution in [0, 0.1) is 11.7 Å². The standard InChI is InChI=1S/C14H17FN2S/c1-9(2)12(7-16)13-8-18-14(17-13)10-4-3-5-11(15)6-10/h3-6,8-9,12H,7,16H2,1-2H3. The molecule has 4 heteroatoms. The van der Waals surface area contributed by atoms with Gasteiger partial charge in [0.05, 0.1) is 5.69 Å². The van der Waals surface area contributed by atoms with Gasteiger partial charge in [0.2, 0.25) is 0 Å². The van der Waals surface area contributed by atoms with Gasteiger partial charge in [-0.1, -0.05) is 26.0 Å². The molecule has 0 saturated carbocycles. The van der Waals surface area contributed by atoms with Crippen molar-refractivity contribution in [3.63, 3.8) is 0 Å². The smallest absolute Gasteiger partial charge is 0.123 e. The number of halogens is 1. The van der Waals surface area contributed by atoms with Crippen molar-refractivity contribution in [1.82, 2.24) is 4.98 Å². The molecule has 2 aromatic rings. The summed E-state index contributed by atoms with van der Waals surface area (Å²) in [5, 5.41) is 2.88. The molecule has 1 unspecified atom stereocenters. The zero-order valence-corrected chi connectivity index (χ0v) is 11.4. The number of nitrogens with two attached hydrogens (primary N) is 1. The number of rotatable bonds is 4. The van der Waals surface area contributed by atoms with Gasteiger partial charge in [0.15, 0.2) is 0 Å². The van der Waals surface area contributed by atoms with Crippen LogP contribution in [0.3, 0.4) is 0 Å². The summed E-state index contributed by atoms with van der Waals surface area (Å²) in [6, 6.07) is 6.53. The highest BCUT2D eigenvalue weighted by atomic mass is 32.1. The van der Waals surface area contributed by atoms with Crippen LogP contribution in [-0.2, 0) is 0 Å². The molecule has 1 aromatic carbocycles. The Hall–Kier alpha value is -1.26. The number of aromatic nitrogens is 1. The summed E-state index contributed by atoms with van der Waals surface area (Å²) in [4.78, 5) is 4.59. The minimum Gasteiger partial charge on any atom is -0.330 e. The molecule has 0 saturated heterocycles. The quantitative estimate of drug-likeness (QED) is 0.915. The fourth-order valence-corrected chi connectivity index (χ4v) is 2.83. The maximum atomic E-state index is 13.2. The minimum absolute atomic E-state index is 0.233. The number of nitrogens with zero attached hydrogens (tertiary/aromatic N) is 1. The van der Waals surface area contributed by atoms with Crippen molar-refractivity contribution < 1.29 is 4.39 Å². The molecule has 18 heavy (non-hydrogen) atoms. The van der Waals surface area contributed by atoms with Gasteiger partial charge in [-0.3, -0.25) is 0 Å². The molecule has 2 N–H and O–H groups in total. The van der Waals surface area contributed by atoms with E-state index < -0.39 is 0 Å². The molecule has 96 valence electrons. The van der Waals surface area contributed by atoms with Gasteiger partial charge in [-0.05, 0) is 18.1 Å². The third-order valence-electron chi connectivity index (χ3n) is 3.03. The van der Waals surface area contributed by atoms with Gasteiger partial charge in [-0.25, -0.2) is 9.37 Å². The molecule has 0 spiro atoms. The first kappa shape index (κ1) is 13.2. The highest BCUT2D eigenvalue weighted by Crippen LogP contribution is 2.30. The summed E-state index contributed by atoms with van der Waals surface area (Å²) in [5.74, 6) is 0.490. The second-order valence-corrected chi connectivity index (χ2v) is 5.53. The van der Waals surface area contributed by atoms with E-state index >= 15 is 0 Å². The second kappa shape index (κ2) is 5.59. The molecular formula is C14H17FN2S. The molecule has 0 bridgehead atoms. The number of hydrogen-bond donors (Lipinski definition) is 1. The van der Waals surface area contributed by atoms with Gasteiger partial charge in [0, 0.05) is 23.4 Å². The highest BCUT2D eigenvalue weighted by Gasteiger charge is 2.17. The average molecular weight is 264 g/mol. The van der Waals surface area contributed by atoms with Gasteiger partial charge in [-0.15, -0.1) is 11.3 Å². The molecule has 1 heterocycles. The Morgan fingerprint density at radius 3 is 2.78 bits per heavy atom. The summed E-state index contributed by atoms with van der Waals surface area (Å²) >= 11 is 1.54. The van der Waals surface area contributed by atoms with E-state index in [-0.39, 0.29) is 11.7 Å². The monoisotopic (exact) mass is 264 g/mol. The lowest BCUT2D eigenvalue weighted by Gasteiger charge is -2.15. The zero-order valence-electron chi connectivity index (χ0n) is 10.6. The van der Waals surface area contributed by atoms with Crippen LogP contribution in [0.1, 0.15) is 25.5 Å². The Morgan fingerprint density at radius 1 is 1.39 bits per heavy atom. The lowest BCUT2D eigenvalue weighted by atomic mass is 9.93. The normalized spacial score (nSPS) is 12.9. The fourth-order valence-electron chi connectivity index (χ4n) is 1.94. The van der Waals surface area contributed by atoms with Gasteiger partial charge < -0.3 is 5.73 Å².